The van der Waals surface area contributed by atoms with Crippen LogP contribution in [0.1, 0.15) is 24.0 Å². The molecule has 152 valence electrons. The number of sulfonamides is 1. The first kappa shape index (κ1) is 20.5. The van der Waals surface area contributed by atoms with Gasteiger partial charge < -0.3 is 14.4 Å². The number of anilines is 2. The highest BCUT2D eigenvalue weighted by atomic mass is 32.2. The molecule has 1 atom stereocenters. The van der Waals surface area contributed by atoms with E-state index in [9.17, 15) is 8.42 Å². The minimum atomic E-state index is -3.75. The Morgan fingerprint density at radius 3 is 2.39 bits per heavy atom. The molecule has 0 bridgehead atoms. The lowest BCUT2D eigenvalue weighted by atomic mass is 10.1. The summed E-state index contributed by atoms with van der Waals surface area (Å²) in [5, 5.41) is 0. The second kappa shape index (κ2) is 8.41. The molecule has 1 unspecified atom stereocenters. The average molecular weight is 405 g/mol. The Morgan fingerprint density at radius 2 is 1.75 bits per heavy atom. The third-order valence-electron chi connectivity index (χ3n) is 5.27. The zero-order valence-corrected chi connectivity index (χ0v) is 17.7. The third-order valence-corrected chi connectivity index (χ3v) is 6.67. The van der Waals surface area contributed by atoms with E-state index in [1.165, 1.54) is 7.11 Å². The molecule has 28 heavy (non-hydrogen) atoms. The zero-order chi connectivity index (χ0) is 20.3. The Bertz CT molecular complexity index is 926. The predicted octanol–water partition coefficient (Wildman–Crippen LogP) is 3.73. The summed E-state index contributed by atoms with van der Waals surface area (Å²) in [6, 6.07) is 10.8. The van der Waals surface area contributed by atoms with Gasteiger partial charge in [-0.3, -0.25) is 4.72 Å². The van der Waals surface area contributed by atoms with E-state index >= 15 is 0 Å². The lowest BCUT2D eigenvalue weighted by Gasteiger charge is -2.33. The molecule has 0 amide bonds. The van der Waals surface area contributed by atoms with E-state index in [0.29, 0.717) is 11.4 Å². The Labute approximate surface area is 167 Å². The standard InChI is InChI=1S/C21H28N2O4S/c1-15-12-20(27-4)21(13-16(15)2)28(24,25)22-17-7-9-18(10-8-17)23-11-5-6-19(14-23)26-3/h7-10,12-13,19,22H,5-6,11,14H2,1-4H3. The van der Waals surface area contributed by atoms with E-state index < -0.39 is 10.0 Å². The maximum atomic E-state index is 12.9. The number of piperidine rings is 1. The van der Waals surface area contributed by atoms with Crippen LogP contribution in [0.3, 0.4) is 0 Å². The predicted molar refractivity (Wildman–Crippen MR) is 112 cm³/mol. The van der Waals surface area contributed by atoms with Crippen LogP contribution < -0.4 is 14.4 Å². The fourth-order valence-electron chi connectivity index (χ4n) is 3.45. The number of aryl methyl sites for hydroxylation is 2. The molecule has 1 aliphatic heterocycles. The molecule has 0 aliphatic carbocycles. The molecular weight excluding hydrogens is 376 g/mol. The number of rotatable bonds is 6. The van der Waals surface area contributed by atoms with Gasteiger partial charge in [0, 0.05) is 31.6 Å². The highest BCUT2D eigenvalue weighted by molar-refractivity contribution is 7.92. The Morgan fingerprint density at radius 1 is 1.07 bits per heavy atom. The number of benzene rings is 2. The van der Waals surface area contributed by atoms with Crippen LogP contribution in [0, 0.1) is 13.8 Å². The van der Waals surface area contributed by atoms with Gasteiger partial charge in [-0.15, -0.1) is 0 Å². The minimum Gasteiger partial charge on any atom is -0.495 e. The first-order chi connectivity index (χ1) is 13.3. The van der Waals surface area contributed by atoms with Gasteiger partial charge in [-0.2, -0.15) is 0 Å². The van der Waals surface area contributed by atoms with Crippen molar-refractivity contribution in [2.75, 3.05) is 36.9 Å². The molecule has 0 aromatic heterocycles. The van der Waals surface area contributed by atoms with Gasteiger partial charge in [-0.25, -0.2) is 8.42 Å². The molecular formula is C21H28N2O4S. The molecule has 1 saturated heterocycles. The van der Waals surface area contributed by atoms with E-state index in [0.717, 1.165) is 42.7 Å². The summed E-state index contributed by atoms with van der Waals surface area (Å²) in [6.07, 6.45) is 2.39. The molecule has 1 fully saturated rings. The van der Waals surface area contributed by atoms with Crippen molar-refractivity contribution in [2.45, 2.75) is 37.7 Å². The van der Waals surface area contributed by atoms with Crippen LogP contribution in [-0.4, -0.2) is 41.8 Å². The van der Waals surface area contributed by atoms with E-state index in [2.05, 4.69) is 9.62 Å². The fourth-order valence-corrected chi connectivity index (χ4v) is 4.74. The van der Waals surface area contributed by atoms with Crippen molar-refractivity contribution in [1.29, 1.82) is 0 Å². The molecule has 1 heterocycles. The van der Waals surface area contributed by atoms with Gasteiger partial charge in [0.1, 0.15) is 10.6 Å². The van der Waals surface area contributed by atoms with E-state index in [1.54, 1.807) is 31.4 Å². The number of hydrogen-bond donors (Lipinski definition) is 1. The van der Waals surface area contributed by atoms with Crippen LogP contribution in [0.2, 0.25) is 0 Å². The molecule has 6 nitrogen and oxygen atoms in total. The molecule has 2 aromatic carbocycles. The first-order valence-electron chi connectivity index (χ1n) is 9.40. The largest absolute Gasteiger partial charge is 0.495 e. The molecule has 2 aromatic rings. The topological polar surface area (TPSA) is 67.9 Å². The lowest BCUT2D eigenvalue weighted by molar-refractivity contribution is 0.0893. The fraction of sp³-hybridized carbons (Fsp3) is 0.429. The second-order valence-electron chi connectivity index (χ2n) is 7.19. The summed E-state index contributed by atoms with van der Waals surface area (Å²) in [4.78, 5) is 2.41. The monoisotopic (exact) mass is 404 g/mol. The average Bonchev–Trinajstić information content (AvgIpc) is 2.70. The molecule has 0 spiro atoms. The van der Waals surface area contributed by atoms with Crippen LogP contribution in [0.4, 0.5) is 11.4 Å². The van der Waals surface area contributed by atoms with Gasteiger partial charge in [0.2, 0.25) is 0 Å². The van der Waals surface area contributed by atoms with Gasteiger partial charge >= 0.3 is 0 Å². The van der Waals surface area contributed by atoms with Crippen molar-refractivity contribution in [3.05, 3.63) is 47.5 Å². The number of hydrogen-bond acceptors (Lipinski definition) is 5. The smallest absolute Gasteiger partial charge is 0.265 e. The highest BCUT2D eigenvalue weighted by Crippen LogP contribution is 2.30. The van der Waals surface area contributed by atoms with Gasteiger partial charge in [0.25, 0.3) is 10.0 Å². The molecule has 1 aliphatic rings. The van der Waals surface area contributed by atoms with E-state index in [-0.39, 0.29) is 11.0 Å². The number of nitrogens with zero attached hydrogens (tertiary/aromatic N) is 1. The van der Waals surface area contributed by atoms with Gasteiger partial charge in [-0.05, 0) is 74.2 Å². The van der Waals surface area contributed by atoms with Gasteiger partial charge in [0.15, 0.2) is 0 Å². The SMILES string of the molecule is COc1cc(C)c(C)cc1S(=O)(=O)Nc1ccc(N2CCCC(OC)C2)cc1. The van der Waals surface area contributed by atoms with Crippen LogP contribution in [0.15, 0.2) is 41.3 Å². The number of ether oxygens (including phenoxy) is 2. The quantitative estimate of drug-likeness (QED) is 0.795. The van der Waals surface area contributed by atoms with Gasteiger partial charge in [0.05, 0.1) is 13.2 Å². The van der Waals surface area contributed by atoms with Crippen molar-refractivity contribution in [1.82, 2.24) is 0 Å². The summed E-state index contributed by atoms with van der Waals surface area (Å²) in [5.41, 5.74) is 3.46. The Kier molecular flexibility index (Phi) is 6.15. The highest BCUT2D eigenvalue weighted by Gasteiger charge is 2.22. The second-order valence-corrected chi connectivity index (χ2v) is 8.84. The van der Waals surface area contributed by atoms with E-state index in [4.69, 9.17) is 9.47 Å². The van der Waals surface area contributed by atoms with Crippen LogP contribution in [-0.2, 0) is 14.8 Å². The van der Waals surface area contributed by atoms with E-state index in [1.807, 2.05) is 26.0 Å². The molecule has 1 N–H and O–H groups in total. The maximum Gasteiger partial charge on any atom is 0.265 e. The summed E-state index contributed by atoms with van der Waals surface area (Å²) in [5.74, 6) is 0.339. The van der Waals surface area contributed by atoms with Crippen molar-refractivity contribution < 1.29 is 17.9 Å². The van der Waals surface area contributed by atoms with Crippen LogP contribution >= 0.6 is 0 Å². The summed E-state index contributed by atoms with van der Waals surface area (Å²) >= 11 is 0. The summed E-state index contributed by atoms with van der Waals surface area (Å²) in [7, 11) is -0.535. The molecule has 3 rings (SSSR count). The normalized spacial score (nSPS) is 17.4. The van der Waals surface area contributed by atoms with Crippen molar-refractivity contribution >= 4 is 21.4 Å². The maximum absolute atomic E-state index is 12.9. The third kappa shape index (κ3) is 4.42. The lowest BCUT2D eigenvalue weighted by Crippen LogP contribution is -2.39. The van der Waals surface area contributed by atoms with Gasteiger partial charge in [-0.1, -0.05) is 0 Å². The van der Waals surface area contributed by atoms with Crippen LogP contribution in [0.25, 0.3) is 0 Å². The zero-order valence-electron chi connectivity index (χ0n) is 16.9. The molecule has 0 saturated carbocycles. The van der Waals surface area contributed by atoms with Crippen molar-refractivity contribution in [3.63, 3.8) is 0 Å². The summed E-state index contributed by atoms with van der Waals surface area (Å²) < 4.78 is 39.2. The Hall–Kier alpha value is -2.25. The number of nitrogens with one attached hydrogen (secondary N) is 1. The molecule has 7 heteroatoms. The minimum absolute atomic E-state index is 0.140. The van der Waals surface area contributed by atoms with Crippen molar-refractivity contribution in [3.8, 4) is 5.75 Å². The Balaban J connectivity index is 1.79. The molecule has 0 radical (unpaired) electrons. The first-order valence-corrected chi connectivity index (χ1v) is 10.9. The summed E-state index contributed by atoms with van der Waals surface area (Å²) in [6.45, 7) is 5.63. The number of methoxy groups -OCH3 is 2. The van der Waals surface area contributed by atoms with Crippen LogP contribution in [0.5, 0.6) is 5.75 Å². The van der Waals surface area contributed by atoms with Crippen molar-refractivity contribution in [2.24, 2.45) is 0 Å².